The SMILES string of the molecule is COC(=O)C1C(=O)C(C)=C2OC3(CC2(C)C1C)C(C)CCC(C(C)(C)O)C3(C)CCC(=O)O. The second kappa shape index (κ2) is 8.10. The van der Waals surface area contributed by atoms with Crippen molar-refractivity contribution in [2.75, 3.05) is 7.11 Å². The van der Waals surface area contributed by atoms with Crippen LogP contribution in [0, 0.1) is 34.5 Å². The van der Waals surface area contributed by atoms with E-state index in [2.05, 4.69) is 13.8 Å². The maximum absolute atomic E-state index is 13.2. The first kappa shape index (κ1) is 25.7. The molecule has 3 aliphatic rings. The van der Waals surface area contributed by atoms with Gasteiger partial charge >= 0.3 is 11.9 Å². The Labute approximate surface area is 196 Å². The van der Waals surface area contributed by atoms with Crippen molar-refractivity contribution >= 4 is 17.7 Å². The van der Waals surface area contributed by atoms with E-state index in [0.717, 1.165) is 12.8 Å². The average Bonchev–Trinajstić information content (AvgIpc) is 3.05. The molecule has 33 heavy (non-hydrogen) atoms. The zero-order valence-electron chi connectivity index (χ0n) is 21.3. The molecule has 3 rings (SSSR count). The molecular formula is C26H40O7. The molecule has 7 nitrogen and oxygen atoms in total. The Morgan fingerprint density at radius 2 is 1.82 bits per heavy atom. The number of allylic oxidation sites excluding steroid dienone is 2. The number of hydrogen-bond donors (Lipinski definition) is 2. The maximum atomic E-state index is 13.2. The van der Waals surface area contributed by atoms with Crippen molar-refractivity contribution in [2.45, 2.75) is 91.8 Å². The summed E-state index contributed by atoms with van der Waals surface area (Å²) in [6, 6.07) is 0. The number of methoxy groups -OCH3 is 1. The molecule has 1 aliphatic heterocycles. The molecule has 0 amide bonds. The van der Waals surface area contributed by atoms with E-state index in [0.29, 0.717) is 24.2 Å². The van der Waals surface area contributed by atoms with Crippen molar-refractivity contribution < 1.29 is 34.1 Å². The van der Waals surface area contributed by atoms with Crippen LogP contribution >= 0.6 is 0 Å². The van der Waals surface area contributed by atoms with Gasteiger partial charge in [0.25, 0.3) is 0 Å². The topological polar surface area (TPSA) is 110 Å². The number of hydrogen-bond acceptors (Lipinski definition) is 6. The monoisotopic (exact) mass is 464 g/mol. The van der Waals surface area contributed by atoms with Crippen LogP contribution in [0.3, 0.4) is 0 Å². The summed E-state index contributed by atoms with van der Waals surface area (Å²) in [7, 11) is 1.30. The summed E-state index contributed by atoms with van der Waals surface area (Å²) in [4.78, 5) is 37.4. The van der Waals surface area contributed by atoms with Crippen LogP contribution in [-0.2, 0) is 23.9 Å². The molecule has 7 unspecified atom stereocenters. The van der Waals surface area contributed by atoms with Crippen LogP contribution in [0.15, 0.2) is 11.3 Å². The normalized spacial score (nSPS) is 41.1. The lowest BCUT2D eigenvalue weighted by Crippen LogP contribution is -2.62. The summed E-state index contributed by atoms with van der Waals surface area (Å²) >= 11 is 0. The van der Waals surface area contributed by atoms with Gasteiger partial charge < -0.3 is 19.7 Å². The van der Waals surface area contributed by atoms with Crippen molar-refractivity contribution in [3.63, 3.8) is 0 Å². The van der Waals surface area contributed by atoms with E-state index in [1.54, 1.807) is 20.8 Å². The number of carbonyl (C=O) groups is 3. The minimum absolute atomic E-state index is 0.0328. The third-order valence-corrected chi connectivity index (χ3v) is 9.52. The third-order valence-electron chi connectivity index (χ3n) is 9.52. The summed E-state index contributed by atoms with van der Waals surface area (Å²) in [5, 5.41) is 20.7. The van der Waals surface area contributed by atoms with Gasteiger partial charge in [-0.1, -0.05) is 27.7 Å². The van der Waals surface area contributed by atoms with Crippen LogP contribution < -0.4 is 0 Å². The van der Waals surface area contributed by atoms with E-state index in [1.807, 2.05) is 13.8 Å². The average molecular weight is 465 g/mol. The van der Waals surface area contributed by atoms with E-state index in [1.165, 1.54) is 7.11 Å². The lowest BCUT2D eigenvalue weighted by Gasteiger charge is -2.59. The van der Waals surface area contributed by atoms with E-state index in [9.17, 15) is 24.6 Å². The number of carboxylic acids is 1. The largest absolute Gasteiger partial charge is 0.490 e. The Balaban J connectivity index is 2.20. The van der Waals surface area contributed by atoms with E-state index in [-0.39, 0.29) is 30.0 Å². The van der Waals surface area contributed by atoms with Crippen LogP contribution in [0.4, 0.5) is 0 Å². The molecule has 186 valence electrons. The van der Waals surface area contributed by atoms with E-state index in [4.69, 9.17) is 9.47 Å². The number of ether oxygens (including phenoxy) is 2. The lowest BCUT2D eigenvalue weighted by atomic mass is 9.47. The lowest BCUT2D eigenvalue weighted by molar-refractivity contribution is -0.205. The fourth-order valence-corrected chi connectivity index (χ4v) is 7.52. The van der Waals surface area contributed by atoms with Gasteiger partial charge in [-0.2, -0.15) is 0 Å². The molecule has 0 aromatic rings. The summed E-state index contributed by atoms with van der Waals surface area (Å²) in [6.45, 7) is 13.4. The minimum atomic E-state index is -1.03. The number of esters is 1. The predicted octanol–water partition coefficient (Wildman–Crippen LogP) is 4.12. The van der Waals surface area contributed by atoms with Gasteiger partial charge in [-0.25, -0.2) is 0 Å². The van der Waals surface area contributed by atoms with Gasteiger partial charge in [0, 0.05) is 29.2 Å². The Morgan fingerprint density at radius 1 is 1.21 bits per heavy atom. The van der Waals surface area contributed by atoms with Gasteiger partial charge in [0.2, 0.25) is 0 Å². The van der Waals surface area contributed by atoms with Gasteiger partial charge in [0.05, 0.1) is 12.7 Å². The molecule has 2 aliphatic carbocycles. The molecule has 1 spiro atoms. The van der Waals surface area contributed by atoms with Crippen molar-refractivity contribution in [1.82, 2.24) is 0 Å². The molecule has 0 aromatic carbocycles. The van der Waals surface area contributed by atoms with Gasteiger partial charge in [-0.15, -0.1) is 0 Å². The van der Waals surface area contributed by atoms with E-state index >= 15 is 0 Å². The first-order chi connectivity index (χ1) is 15.1. The summed E-state index contributed by atoms with van der Waals surface area (Å²) in [6.07, 6.45) is 2.46. The fourth-order valence-electron chi connectivity index (χ4n) is 7.52. The zero-order valence-corrected chi connectivity index (χ0v) is 21.3. The number of carboxylic acid groups (broad SMARTS) is 1. The first-order valence-electron chi connectivity index (χ1n) is 12.0. The smallest absolute Gasteiger partial charge is 0.316 e. The fraction of sp³-hybridized carbons (Fsp3) is 0.808. The maximum Gasteiger partial charge on any atom is 0.316 e. The molecule has 0 radical (unpaired) electrons. The molecule has 1 saturated carbocycles. The van der Waals surface area contributed by atoms with Crippen molar-refractivity contribution in [3.8, 4) is 0 Å². The standard InChI is InChI=1S/C26H40O7/c1-14-9-10-17(23(4,5)31)25(7,12-11-18(27)28)26(14)13-24(6)16(3)19(22(30)32-8)20(29)15(2)21(24)33-26/h14,16-17,19,31H,9-13H2,1-8H3,(H,27,28). The summed E-state index contributed by atoms with van der Waals surface area (Å²) in [5.74, 6) is -2.41. The quantitative estimate of drug-likeness (QED) is 0.465. The molecular weight excluding hydrogens is 424 g/mol. The number of ketones is 1. The molecule has 7 heteroatoms. The number of fused-ring (bicyclic) bond motifs is 1. The Hall–Kier alpha value is -1.89. The number of Topliss-reactive ketones (excluding diaryl/α,β-unsaturated/α-hetero) is 1. The van der Waals surface area contributed by atoms with Crippen molar-refractivity contribution in [1.29, 1.82) is 0 Å². The van der Waals surface area contributed by atoms with Crippen LogP contribution in [0.2, 0.25) is 0 Å². The highest BCUT2D eigenvalue weighted by molar-refractivity contribution is 6.09. The minimum Gasteiger partial charge on any atom is -0.490 e. The molecule has 2 fully saturated rings. The molecule has 1 saturated heterocycles. The first-order valence-corrected chi connectivity index (χ1v) is 12.0. The number of aliphatic carboxylic acids is 1. The Bertz CT molecular complexity index is 884. The van der Waals surface area contributed by atoms with Crippen LogP contribution in [0.25, 0.3) is 0 Å². The molecule has 1 heterocycles. The Kier molecular flexibility index (Phi) is 6.32. The predicted molar refractivity (Wildman–Crippen MR) is 122 cm³/mol. The highest BCUT2D eigenvalue weighted by atomic mass is 16.5. The number of aliphatic hydroxyl groups is 1. The third kappa shape index (κ3) is 3.62. The van der Waals surface area contributed by atoms with Crippen LogP contribution in [0.1, 0.15) is 80.6 Å². The van der Waals surface area contributed by atoms with Crippen LogP contribution in [-0.4, -0.2) is 46.2 Å². The van der Waals surface area contributed by atoms with Crippen LogP contribution in [0.5, 0.6) is 0 Å². The van der Waals surface area contributed by atoms with Gasteiger partial charge in [-0.3, -0.25) is 14.4 Å². The zero-order chi connectivity index (χ0) is 25.1. The highest BCUT2D eigenvalue weighted by Crippen LogP contribution is 2.69. The van der Waals surface area contributed by atoms with Gasteiger partial charge in [0.15, 0.2) is 5.78 Å². The molecule has 0 aromatic heterocycles. The number of rotatable bonds is 5. The second-order valence-electron chi connectivity index (χ2n) is 11.7. The highest BCUT2D eigenvalue weighted by Gasteiger charge is 2.70. The van der Waals surface area contributed by atoms with Gasteiger partial charge in [-0.05, 0) is 57.8 Å². The Morgan fingerprint density at radius 3 is 2.33 bits per heavy atom. The molecule has 7 atom stereocenters. The molecule has 0 bridgehead atoms. The van der Waals surface area contributed by atoms with E-state index < -0.39 is 39.9 Å². The molecule has 2 N–H and O–H groups in total. The van der Waals surface area contributed by atoms with Crippen molar-refractivity contribution in [2.24, 2.45) is 34.5 Å². The van der Waals surface area contributed by atoms with Crippen molar-refractivity contribution in [3.05, 3.63) is 11.3 Å². The summed E-state index contributed by atoms with van der Waals surface area (Å²) in [5.41, 5.74) is -2.59. The second-order valence-corrected chi connectivity index (χ2v) is 11.7. The number of carbonyl (C=O) groups excluding carboxylic acids is 2. The summed E-state index contributed by atoms with van der Waals surface area (Å²) < 4.78 is 11.9. The van der Waals surface area contributed by atoms with Gasteiger partial charge in [0.1, 0.15) is 17.3 Å².